The molecule has 0 heterocycles. The summed E-state index contributed by atoms with van der Waals surface area (Å²) >= 11 is 0. The first kappa shape index (κ1) is 17.2. The summed E-state index contributed by atoms with van der Waals surface area (Å²) in [6.07, 6.45) is 0. The fourth-order valence-electron chi connectivity index (χ4n) is 1.83. The Hall–Kier alpha value is -3.17. The van der Waals surface area contributed by atoms with Crippen LogP contribution in [-0.4, -0.2) is 17.9 Å². The van der Waals surface area contributed by atoms with Crippen molar-refractivity contribution in [3.8, 4) is 5.75 Å². The summed E-state index contributed by atoms with van der Waals surface area (Å²) in [6.45, 7) is 0. The van der Waals surface area contributed by atoms with Crippen LogP contribution >= 0.6 is 0 Å². The molecule has 2 rings (SSSR count). The molecule has 0 aromatic heterocycles. The van der Waals surface area contributed by atoms with Gasteiger partial charge < -0.3 is 10.1 Å². The summed E-state index contributed by atoms with van der Waals surface area (Å²) in [5.41, 5.74) is -1.76. The zero-order valence-electron chi connectivity index (χ0n) is 11.9. The highest BCUT2D eigenvalue weighted by Gasteiger charge is 2.24. The second-order valence-electron chi connectivity index (χ2n) is 4.44. The van der Waals surface area contributed by atoms with Crippen LogP contribution in [0.2, 0.25) is 0 Å². The monoisotopic (exact) mass is 344 g/mol. The molecule has 126 valence electrons. The van der Waals surface area contributed by atoms with Gasteiger partial charge in [-0.2, -0.15) is 0 Å². The molecule has 0 fully saturated rings. The fourth-order valence-corrected chi connectivity index (χ4v) is 1.83. The number of nitro groups is 1. The van der Waals surface area contributed by atoms with Gasteiger partial charge in [0.2, 0.25) is 0 Å². The molecule has 0 bridgehead atoms. The zero-order valence-corrected chi connectivity index (χ0v) is 11.9. The van der Waals surface area contributed by atoms with Gasteiger partial charge in [0.05, 0.1) is 23.3 Å². The standard InChI is InChI=1S/C14H8F4N2O4/c1-24-10-3-2-6(20(22)23)4-9(10)19-14(21)7-5-8(15)12(17)13(18)11(7)16/h2-5H,1H3,(H,19,21). The molecule has 0 unspecified atom stereocenters. The number of rotatable bonds is 4. The largest absolute Gasteiger partial charge is 0.495 e. The van der Waals surface area contributed by atoms with Crippen molar-refractivity contribution in [1.82, 2.24) is 0 Å². The molecule has 6 nitrogen and oxygen atoms in total. The number of benzene rings is 2. The van der Waals surface area contributed by atoms with Crippen molar-refractivity contribution >= 4 is 17.3 Å². The normalized spacial score (nSPS) is 10.4. The predicted molar refractivity (Wildman–Crippen MR) is 73.9 cm³/mol. The van der Waals surface area contributed by atoms with Crippen LogP contribution in [0.1, 0.15) is 10.4 Å². The highest BCUT2D eigenvalue weighted by molar-refractivity contribution is 6.05. The first-order valence-corrected chi connectivity index (χ1v) is 6.23. The van der Waals surface area contributed by atoms with E-state index in [9.17, 15) is 32.5 Å². The van der Waals surface area contributed by atoms with E-state index < -0.39 is 45.4 Å². The zero-order chi connectivity index (χ0) is 18.0. The second kappa shape index (κ2) is 6.52. The van der Waals surface area contributed by atoms with Crippen LogP contribution in [-0.2, 0) is 0 Å². The van der Waals surface area contributed by atoms with E-state index in [4.69, 9.17) is 4.74 Å². The van der Waals surface area contributed by atoms with Crippen molar-refractivity contribution in [2.24, 2.45) is 0 Å². The number of carbonyl (C=O) groups is 1. The number of methoxy groups -OCH3 is 1. The molecule has 10 heteroatoms. The third-order valence-electron chi connectivity index (χ3n) is 2.99. The lowest BCUT2D eigenvalue weighted by Gasteiger charge is -2.11. The molecular formula is C14H8F4N2O4. The van der Waals surface area contributed by atoms with Crippen LogP contribution in [0, 0.1) is 33.4 Å². The number of hydrogen-bond donors (Lipinski definition) is 1. The van der Waals surface area contributed by atoms with Gasteiger partial charge >= 0.3 is 0 Å². The molecule has 0 aliphatic rings. The van der Waals surface area contributed by atoms with Crippen molar-refractivity contribution < 1.29 is 32.0 Å². The van der Waals surface area contributed by atoms with Gasteiger partial charge in [0.15, 0.2) is 23.3 Å². The predicted octanol–water partition coefficient (Wildman–Crippen LogP) is 3.41. The Labute approximate surface area is 131 Å². The molecule has 1 amide bonds. The summed E-state index contributed by atoms with van der Waals surface area (Å²) in [4.78, 5) is 22.0. The van der Waals surface area contributed by atoms with Crippen LogP contribution in [0.25, 0.3) is 0 Å². The minimum absolute atomic E-state index is 0.0163. The molecule has 0 aliphatic carbocycles. The topological polar surface area (TPSA) is 81.5 Å². The highest BCUT2D eigenvalue weighted by atomic mass is 19.2. The number of anilines is 1. The third-order valence-corrected chi connectivity index (χ3v) is 2.99. The van der Waals surface area contributed by atoms with Gasteiger partial charge in [-0.25, -0.2) is 17.6 Å². The molecular weight excluding hydrogens is 336 g/mol. The maximum absolute atomic E-state index is 13.6. The van der Waals surface area contributed by atoms with E-state index in [0.717, 1.165) is 18.2 Å². The molecule has 0 aliphatic heterocycles. The smallest absolute Gasteiger partial charge is 0.271 e. The molecule has 0 saturated heterocycles. The summed E-state index contributed by atoms with van der Waals surface area (Å²) in [7, 11) is 1.20. The Morgan fingerprint density at radius 1 is 1.12 bits per heavy atom. The van der Waals surface area contributed by atoms with Gasteiger partial charge in [0.1, 0.15) is 5.75 Å². The number of non-ortho nitro benzene ring substituents is 1. The summed E-state index contributed by atoms with van der Waals surface area (Å²) in [5.74, 6) is -9.22. The molecule has 0 radical (unpaired) electrons. The van der Waals surface area contributed by atoms with Gasteiger partial charge in [-0.05, 0) is 12.1 Å². The van der Waals surface area contributed by atoms with Crippen LogP contribution < -0.4 is 10.1 Å². The molecule has 24 heavy (non-hydrogen) atoms. The molecule has 0 atom stereocenters. The molecule has 0 spiro atoms. The van der Waals surface area contributed by atoms with Crippen molar-refractivity contribution in [2.75, 3.05) is 12.4 Å². The van der Waals surface area contributed by atoms with Gasteiger partial charge in [-0.3, -0.25) is 14.9 Å². The second-order valence-corrected chi connectivity index (χ2v) is 4.44. The Balaban J connectivity index is 2.44. The summed E-state index contributed by atoms with van der Waals surface area (Å²) < 4.78 is 57.7. The molecule has 0 saturated carbocycles. The van der Waals surface area contributed by atoms with Crippen molar-refractivity contribution in [3.05, 3.63) is 63.2 Å². The van der Waals surface area contributed by atoms with Crippen LogP contribution in [0.5, 0.6) is 5.75 Å². The maximum atomic E-state index is 13.6. The number of nitro benzene ring substituents is 1. The Morgan fingerprint density at radius 3 is 2.38 bits per heavy atom. The van der Waals surface area contributed by atoms with E-state index in [2.05, 4.69) is 0 Å². The maximum Gasteiger partial charge on any atom is 0.271 e. The van der Waals surface area contributed by atoms with Gasteiger partial charge in [-0.15, -0.1) is 0 Å². The number of hydrogen-bond acceptors (Lipinski definition) is 4. The molecule has 1 N–H and O–H groups in total. The lowest BCUT2D eigenvalue weighted by molar-refractivity contribution is -0.384. The third kappa shape index (κ3) is 3.12. The van der Waals surface area contributed by atoms with Crippen LogP contribution in [0.15, 0.2) is 24.3 Å². The van der Waals surface area contributed by atoms with Crippen LogP contribution in [0.4, 0.5) is 28.9 Å². The first-order chi connectivity index (χ1) is 11.3. The van der Waals surface area contributed by atoms with Crippen molar-refractivity contribution in [1.29, 1.82) is 0 Å². The Bertz CT molecular complexity index is 842. The molecule has 2 aromatic carbocycles. The lowest BCUT2D eigenvalue weighted by atomic mass is 10.1. The number of ether oxygens (including phenoxy) is 1. The van der Waals surface area contributed by atoms with E-state index in [1.54, 1.807) is 0 Å². The van der Waals surface area contributed by atoms with E-state index in [1.807, 2.05) is 5.32 Å². The average Bonchev–Trinajstić information content (AvgIpc) is 2.55. The van der Waals surface area contributed by atoms with E-state index in [1.165, 1.54) is 7.11 Å². The quantitative estimate of drug-likeness (QED) is 0.303. The first-order valence-electron chi connectivity index (χ1n) is 6.23. The Kier molecular flexibility index (Phi) is 4.67. The minimum atomic E-state index is -2.15. The Morgan fingerprint density at radius 2 is 1.79 bits per heavy atom. The summed E-state index contributed by atoms with van der Waals surface area (Å²) in [5, 5.41) is 12.8. The SMILES string of the molecule is COc1ccc([N+](=O)[O-])cc1NC(=O)c1cc(F)c(F)c(F)c1F. The van der Waals surface area contributed by atoms with E-state index in [-0.39, 0.29) is 17.5 Å². The van der Waals surface area contributed by atoms with Gasteiger partial charge in [-0.1, -0.05) is 0 Å². The van der Waals surface area contributed by atoms with Crippen molar-refractivity contribution in [3.63, 3.8) is 0 Å². The average molecular weight is 344 g/mol. The van der Waals surface area contributed by atoms with Crippen molar-refractivity contribution in [2.45, 2.75) is 0 Å². The lowest BCUT2D eigenvalue weighted by Crippen LogP contribution is -2.17. The van der Waals surface area contributed by atoms with E-state index >= 15 is 0 Å². The van der Waals surface area contributed by atoms with Gasteiger partial charge in [0.25, 0.3) is 11.6 Å². The van der Waals surface area contributed by atoms with Crippen LogP contribution in [0.3, 0.4) is 0 Å². The number of halogens is 4. The fraction of sp³-hybridized carbons (Fsp3) is 0.0714. The number of nitrogens with one attached hydrogen (secondary N) is 1. The number of carbonyl (C=O) groups excluding carboxylic acids is 1. The number of amides is 1. The van der Waals surface area contributed by atoms with E-state index in [0.29, 0.717) is 0 Å². The molecule has 2 aromatic rings. The van der Waals surface area contributed by atoms with Gasteiger partial charge in [0, 0.05) is 12.1 Å². The highest BCUT2D eigenvalue weighted by Crippen LogP contribution is 2.30. The number of nitrogens with zero attached hydrogens (tertiary/aromatic N) is 1. The summed E-state index contributed by atoms with van der Waals surface area (Å²) in [6, 6.07) is 3.33. The minimum Gasteiger partial charge on any atom is -0.495 e.